The quantitative estimate of drug-likeness (QED) is 0.709. The molecule has 0 bridgehead atoms. The van der Waals surface area contributed by atoms with Gasteiger partial charge in [0.05, 0.1) is 46.7 Å². The van der Waals surface area contributed by atoms with Crippen molar-refractivity contribution in [3.8, 4) is 6.07 Å². The van der Waals surface area contributed by atoms with E-state index in [-0.39, 0.29) is 17.1 Å². The predicted octanol–water partition coefficient (Wildman–Crippen LogP) is -0.252. The number of carbonyl (C=O) groups excluding carboxylic acids is 1. The molecule has 1 heterocycles. The minimum absolute atomic E-state index is 0.0999. The molecular formula is C14H17N3O6S2. The second-order valence-electron chi connectivity index (χ2n) is 5.42. The van der Waals surface area contributed by atoms with E-state index in [0.717, 1.165) is 0 Å². The van der Waals surface area contributed by atoms with Gasteiger partial charge in [0.2, 0.25) is 10.0 Å². The number of hydrogen-bond donors (Lipinski definition) is 2. The highest BCUT2D eigenvalue weighted by Gasteiger charge is 2.41. The van der Waals surface area contributed by atoms with Gasteiger partial charge < -0.3 is 10.1 Å². The maximum Gasteiger partial charge on any atom is 0.407 e. The Morgan fingerprint density at radius 3 is 2.68 bits per heavy atom. The maximum atomic E-state index is 12.5. The van der Waals surface area contributed by atoms with Crippen molar-refractivity contribution in [3.05, 3.63) is 29.8 Å². The first kappa shape index (κ1) is 19.2. The number of sulfonamides is 1. The molecule has 0 spiro atoms. The molecule has 25 heavy (non-hydrogen) atoms. The molecule has 1 aliphatic rings. The van der Waals surface area contributed by atoms with Crippen molar-refractivity contribution in [2.75, 3.05) is 18.1 Å². The van der Waals surface area contributed by atoms with Crippen LogP contribution in [0.5, 0.6) is 0 Å². The van der Waals surface area contributed by atoms with E-state index in [1.807, 2.05) is 6.07 Å². The normalized spacial score (nSPS) is 22.1. The van der Waals surface area contributed by atoms with E-state index in [1.165, 1.54) is 24.3 Å². The molecule has 0 aromatic heterocycles. The van der Waals surface area contributed by atoms with E-state index in [9.17, 15) is 21.6 Å². The van der Waals surface area contributed by atoms with Crippen molar-refractivity contribution >= 4 is 26.0 Å². The molecular weight excluding hydrogens is 370 g/mol. The van der Waals surface area contributed by atoms with Crippen LogP contribution in [0.1, 0.15) is 12.5 Å². The topological polar surface area (TPSA) is 142 Å². The van der Waals surface area contributed by atoms with Gasteiger partial charge in [-0.15, -0.1) is 0 Å². The van der Waals surface area contributed by atoms with Gasteiger partial charge in [0.1, 0.15) is 0 Å². The average Bonchev–Trinajstić information content (AvgIpc) is 2.80. The Kier molecular flexibility index (Phi) is 5.66. The summed E-state index contributed by atoms with van der Waals surface area (Å²) in [7, 11) is -7.59. The van der Waals surface area contributed by atoms with Gasteiger partial charge in [-0.1, -0.05) is 6.07 Å². The van der Waals surface area contributed by atoms with Crippen molar-refractivity contribution < 1.29 is 26.4 Å². The van der Waals surface area contributed by atoms with E-state index in [0.29, 0.717) is 0 Å². The Bertz CT molecular complexity index is 905. The first-order chi connectivity index (χ1) is 11.7. The lowest BCUT2D eigenvalue weighted by atomic mass is 10.2. The number of benzene rings is 1. The Hall–Kier alpha value is -2.16. The first-order valence-corrected chi connectivity index (χ1v) is 10.6. The summed E-state index contributed by atoms with van der Waals surface area (Å²) in [6.45, 7) is 1.69. The van der Waals surface area contributed by atoms with Gasteiger partial charge in [-0.2, -0.15) is 5.26 Å². The number of alkyl carbamates (subject to hydrolysis) is 1. The number of ether oxygens (including phenoxy) is 1. The fourth-order valence-electron chi connectivity index (χ4n) is 2.43. The third kappa shape index (κ3) is 4.91. The molecule has 0 unspecified atom stereocenters. The zero-order chi connectivity index (χ0) is 18.7. The van der Waals surface area contributed by atoms with Gasteiger partial charge in [0, 0.05) is 0 Å². The highest BCUT2D eigenvalue weighted by atomic mass is 32.2. The van der Waals surface area contributed by atoms with Gasteiger partial charge in [0.15, 0.2) is 9.84 Å². The summed E-state index contributed by atoms with van der Waals surface area (Å²) >= 11 is 0. The lowest BCUT2D eigenvalue weighted by Crippen LogP contribution is -2.50. The number of amides is 1. The molecule has 1 aromatic carbocycles. The number of carbonyl (C=O) groups is 1. The Balaban J connectivity index is 2.22. The van der Waals surface area contributed by atoms with Crippen molar-refractivity contribution in [2.45, 2.75) is 23.9 Å². The molecule has 1 amide bonds. The molecule has 11 heteroatoms. The standard InChI is InChI=1S/C14H17N3O6S2/c1-2-23-14(18)16-12-8-24(19,20)9-13(12)17-25(21,22)11-5-3-4-10(6-11)7-15/h3-6,12-13,17H,2,8-9H2,1H3,(H,16,18)/t12-,13-/m1/s1. The van der Waals surface area contributed by atoms with Crippen LogP contribution in [0.4, 0.5) is 4.79 Å². The molecule has 1 fully saturated rings. The number of nitriles is 1. The van der Waals surface area contributed by atoms with Crippen LogP contribution in [0, 0.1) is 11.3 Å². The monoisotopic (exact) mass is 387 g/mol. The van der Waals surface area contributed by atoms with Crippen LogP contribution in [-0.4, -0.2) is 53.1 Å². The molecule has 0 radical (unpaired) electrons. The lowest BCUT2D eigenvalue weighted by Gasteiger charge is -2.20. The zero-order valence-corrected chi connectivity index (χ0v) is 14.9. The molecule has 0 saturated carbocycles. The van der Waals surface area contributed by atoms with E-state index >= 15 is 0 Å². The zero-order valence-electron chi connectivity index (χ0n) is 13.3. The third-order valence-electron chi connectivity index (χ3n) is 3.51. The highest BCUT2D eigenvalue weighted by Crippen LogP contribution is 2.17. The summed E-state index contributed by atoms with van der Waals surface area (Å²) in [6.07, 6.45) is -0.819. The lowest BCUT2D eigenvalue weighted by molar-refractivity contribution is 0.148. The minimum atomic E-state index is -4.07. The van der Waals surface area contributed by atoms with Gasteiger partial charge in [-0.3, -0.25) is 0 Å². The molecule has 1 saturated heterocycles. The smallest absolute Gasteiger partial charge is 0.407 e. The van der Waals surface area contributed by atoms with Gasteiger partial charge in [-0.05, 0) is 25.1 Å². The Morgan fingerprint density at radius 2 is 2.04 bits per heavy atom. The highest BCUT2D eigenvalue weighted by molar-refractivity contribution is 7.92. The van der Waals surface area contributed by atoms with Gasteiger partial charge in [-0.25, -0.2) is 26.4 Å². The number of nitrogens with zero attached hydrogens (tertiary/aromatic N) is 1. The van der Waals surface area contributed by atoms with Crippen LogP contribution < -0.4 is 10.0 Å². The summed E-state index contributed by atoms with van der Waals surface area (Å²) in [5.41, 5.74) is 0.156. The number of nitrogens with one attached hydrogen (secondary N) is 2. The van der Waals surface area contributed by atoms with Crippen LogP contribution in [0.15, 0.2) is 29.2 Å². The van der Waals surface area contributed by atoms with Gasteiger partial charge in [0.25, 0.3) is 0 Å². The number of sulfone groups is 1. The Labute approximate surface area is 145 Å². The van der Waals surface area contributed by atoms with Crippen LogP contribution in [0.3, 0.4) is 0 Å². The molecule has 9 nitrogen and oxygen atoms in total. The summed E-state index contributed by atoms with van der Waals surface area (Å²) < 4.78 is 55.6. The minimum Gasteiger partial charge on any atom is -0.450 e. The van der Waals surface area contributed by atoms with Crippen LogP contribution >= 0.6 is 0 Å². The van der Waals surface area contributed by atoms with Gasteiger partial charge >= 0.3 is 6.09 Å². The second-order valence-corrected chi connectivity index (χ2v) is 9.28. The average molecular weight is 387 g/mol. The molecule has 0 aliphatic carbocycles. The summed E-state index contributed by atoms with van der Waals surface area (Å²) in [4.78, 5) is 11.4. The fourth-order valence-corrected chi connectivity index (χ4v) is 5.72. The molecule has 2 rings (SSSR count). The van der Waals surface area contributed by atoms with Crippen molar-refractivity contribution in [1.82, 2.24) is 10.0 Å². The van der Waals surface area contributed by atoms with E-state index in [2.05, 4.69) is 10.0 Å². The Morgan fingerprint density at radius 1 is 1.36 bits per heavy atom. The molecule has 2 N–H and O–H groups in total. The SMILES string of the molecule is CCOC(=O)N[C@@H]1CS(=O)(=O)C[C@H]1NS(=O)(=O)c1cccc(C#N)c1. The summed E-state index contributed by atoms with van der Waals surface area (Å²) in [6, 6.07) is 5.18. The first-order valence-electron chi connectivity index (χ1n) is 7.33. The molecule has 136 valence electrons. The molecule has 2 atom stereocenters. The largest absolute Gasteiger partial charge is 0.450 e. The maximum absolute atomic E-state index is 12.5. The van der Waals surface area contributed by atoms with Crippen molar-refractivity contribution in [2.24, 2.45) is 0 Å². The van der Waals surface area contributed by atoms with Crippen molar-refractivity contribution in [3.63, 3.8) is 0 Å². The molecule has 1 aliphatic heterocycles. The second kappa shape index (κ2) is 7.38. The summed E-state index contributed by atoms with van der Waals surface area (Å²) in [5.74, 6) is -0.835. The van der Waals surface area contributed by atoms with E-state index in [4.69, 9.17) is 10.00 Å². The van der Waals surface area contributed by atoms with Crippen LogP contribution in [0.25, 0.3) is 0 Å². The number of hydrogen-bond acceptors (Lipinski definition) is 7. The van der Waals surface area contributed by atoms with Crippen molar-refractivity contribution in [1.29, 1.82) is 5.26 Å². The van der Waals surface area contributed by atoms with Crippen LogP contribution in [0.2, 0.25) is 0 Å². The summed E-state index contributed by atoms with van der Waals surface area (Å²) in [5, 5.41) is 11.2. The van der Waals surface area contributed by atoms with E-state index in [1.54, 1.807) is 6.92 Å². The van der Waals surface area contributed by atoms with Crippen LogP contribution in [-0.2, 0) is 24.6 Å². The predicted molar refractivity (Wildman–Crippen MR) is 87.9 cm³/mol. The molecule has 1 aromatic rings. The third-order valence-corrected chi connectivity index (χ3v) is 6.73. The fraction of sp³-hybridized carbons (Fsp3) is 0.429. The van der Waals surface area contributed by atoms with E-state index < -0.39 is 49.5 Å². The number of rotatable bonds is 5.